The fourth-order valence-corrected chi connectivity index (χ4v) is 2.56. The number of nitrogens with two attached hydrogens (primary N) is 1. The van der Waals surface area contributed by atoms with Gasteiger partial charge in [0.1, 0.15) is 6.61 Å². The quantitative estimate of drug-likeness (QED) is 0.154. The number of carbonyl (C=O) groups excluding carboxylic acids is 1. The van der Waals surface area contributed by atoms with E-state index in [4.69, 9.17) is 15.2 Å². The van der Waals surface area contributed by atoms with E-state index in [1.54, 1.807) is 0 Å². The molecule has 0 amide bonds. The smallest absolute Gasteiger partial charge is 0.335 e. The summed E-state index contributed by atoms with van der Waals surface area (Å²) in [6.45, 7) is 5.25. The SMILES string of the molecule is CC/C=C\C/C=C\C/C=C\C/C=C\C/C=C\CCCCOC(CC)C(=O)OCCN. The number of carbonyl (C=O) groups is 1. The van der Waals surface area contributed by atoms with Crippen LogP contribution >= 0.6 is 0 Å². The first-order valence-corrected chi connectivity index (χ1v) is 11.5. The van der Waals surface area contributed by atoms with Gasteiger partial charge < -0.3 is 15.2 Å². The highest BCUT2D eigenvalue weighted by Gasteiger charge is 2.17. The van der Waals surface area contributed by atoms with Crippen molar-refractivity contribution in [2.24, 2.45) is 5.73 Å². The lowest BCUT2D eigenvalue weighted by atomic mass is 10.2. The number of unbranched alkanes of at least 4 members (excludes halogenated alkanes) is 2. The highest BCUT2D eigenvalue weighted by molar-refractivity contribution is 5.74. The summed E-state index contributed by atoms with van der Waals surface area (Å²) in [5.41, 5.74) is 5.33. The van der Waals surface area contributed by atoms with Gasteiger partial charge in [0.25, 0.3) is 0 Å². The summed E-state index contributed by atoms with van der Waals surface area (Å²) in [6.07, 6.45) is 30.4. The van der Waals surface area contributed by atoms with E-state index in [0.29, 0.717) is 19.6 Å². The lowest BCUT2D eigenvalue weighted by Gasteiger charge is -2.14. The van der Waals surface area contributed by atoms with Gasteiger partial charge in [-0.1, -0.05) is 74.6 Å². The van der Waals surface area contributed by atoms with Crippen molar-refractivity contribution in [1.82, 2.24) is 0 Å². The topological polar surface area (TPSA) is 61.5 Å². The molecule has 0 saturated carbocycles. The number of rotatable bonds is 19. The van der Waals surface area contributed by atoms with E-state index >= 15 is 0 Å². The Balaban J connectivity index is 3.60. The number of hydrogen-bond donors (Lipinski definition) is 1. The molecule has 30 heavy (non-hydrogen) atoms. The van der Waals surface area contributed by atoms with Gasteiger partial charge in [-0.15, -0.1) is 0 Å². The Labute approximate surface area is 184 Å². The van der Waals surface area contributed by atoms with Crippen LogP contribution in [0, 0.1) is 0 Å². The number of esters is 1. The summed E-state index contributed by atoms with van der Waals surface area (Å²) < 4.78 is 10.6. The third-order valence-electron chi connectivity index (χ3n) is 4.24. The fraction of sp³-hybridized carbons (Fsp3) is 0.577. The van der Waals surface area contributed by atoms with Crippen LogP contribution in [0.25, 0.3) is 0 Å². The van der Waals surface area contributed by atoms with Gasteiger partial charge in [-0.05, 0) is 57.8 Å². The Bertz CT molecular complexity index is 532. The first-order chi connectivity index (χ1) is 14.8. The molecule has 0 rings (SSSR count). The first-order valence-electron chi connectivity index (χ1n) is 11.5. The fourth-order valence-electron chi connectivity index (χ4n) is 2.56. The summed E-state index contributed by atoms with van der Waals surface area (Å²) in [4.78, 5) is 11.7. The molecule has 0 aliphatic carbocycles. The van der Waals surface area contributed by atoms with Gasteiger partial charge in [0.05, 0.1) is 0 Å². The molecule has 0 aromatic carbocycles. The van der Waals surface area contributed by atoms with Crippen molar-refractivity contribution >= 4 is 5.97 Å². The lowest BCUT2D eigenvalue weighted by molar-refractivity contribution is -0.157. The molecule has 4 heteroatoms. The molecular formula is C26H43NO3. The number of hydrogen-bond acceptors (Lipinski definition) is 4. The molecule has 0 saturated heterocycles. The van der Waals surface area contributed by atoms with Crippen molar-refractivity contribution in [3.63, 3.8) is 0 Å². The van der Waals surface area contributed by atoms with Crippen LogP contribution in [0.2, 0.25) is 0 Å². The molecule has 0 spiro atoms. The molecule has 0 bridgehead atoms. The normalized spacial score (nSPS) is 13.6. The predicted octanol–water partition coefficient (Wildman–Crippen LogP) is 6.21. The summed E-state index contributed by atoms with van der Waals surface area (Å²) >= 11 is 0. The molecule has 0 heterocycles. The van der Waals surface area contributed by atoms with Crippen LogP contribution in [0.15, 0.2) is 60.8 Å². The third-order valence-corrected chi connectivity index (χ3v) is 4.24. The second kappa shape index (κ2) is 23.4. The highest BCUT2D eigenvalue weighted by atomic mass is 16.6. The van der Waals surface area contributed by atoms with Crippen molar-refractivity contribution in [3.8, 4) is 0 Å². The predicted molar refractivity (Wildman–Crippen MR) is 128 cm³/mol. The second-order valence-corrected chi connectivity index (χ2v) is 6.93. The highest BCUT2D eigenvalue weighted by Crippen LogP contribution is 2.05. The molecule has 1 unspecified atom stereocenters. The summed E-state index contributed by atoms with van der Waals surface area (Å²) in [6, 6.07) is 0. The molecule has 0 aliphatic heterocycles. The van der Waals surface area contributed by atoms with Crippen molar-refractivity contribution in [2.75, 3.05) is 19.8 Å². The van der Waals surface area contributed by atoms with Gasteiger partial charge in [0.2, 0.25) is 0 Å². The van der Waals surface area contributed by atoms with Crippen molar-refractivity contribution in [1.29, 1.82) is 0 Å². The van der Waals surface area contributed by atoms with Crippen molar-refractivity contribution in [2.45, 2.75) is 77.7 Å². The molecule has 4 nitrogen and oxygen atoms in total. The largest absolute Gasteiger partial charge is 0.462 e. The van der Waals surface area contributed by atoms with Gasteiger partial charge in [0, 0.05) is 13.2 Å². The Kier molecular flexibility index (Phi) is 21.9. The van der Waals surface area contributed by atoms with Crippen LogP contribution in [-0.4, -0.2) is 31.8 Å². The number of ether oxygens (including phenoxy) is 2. The molecule has 0 aromatic heterocycles. The zero-order valence-electron chi connectivity index (χ0n) is 19.1. The van der Waals surface area contributed by atoms with Crippen LogP contribution in [0.4, 0.5) is 0 Å². The summed E-state index contributed by atoms with van der Waals surface area (Å²) in [5, 5.41) is 0. The average molecular weight is 418 g/mol. The van der Waals surface area contributed by atoms with Crippen LogP contribution in [0.1, 0.15) is 71.6 Å². The molecule has 1 atom stereocenters. The summed E-state index contributed by atoms with van der Waals surface area (Å²) in [5.74, 6) is -0.305. The first kappa shape index (κ1) is 28.1. The molecule has 2 N–H and O–H groups in total. The molecule has 0 aliphatic rings. The van der Waals surface area contributed by atoms with Crippen LogP contribution in [0.3, 0.4) is 0 Å². The maximum absolute atomic E-state index is 11.7. The molecule has 0 radical (unpaired) electrons. The van der Waals surface area contributed by atoms with Crippen LogP contribution < -0.4 is 5.73 Å². The Morgan fingerprint density at radius 2 is 1.30 bits per heavy atom. The van der Waals surface area contributed by atoms with Gasteiger partial charge in [0.15, 0.2) is 6.10 Å². The molecular weight excluding hydrogens is 374 g/mol. The molecule has 170 valence electrons. The van der Waals surface area contributed by atoms with E-state index in [0.717, 1.165) is 51.4 Å². The average Bonchev–Trinajstić information content (AvgIpc) is 2.76. The van der Waals surface area contributed by atoms with E-state index in [1.165, 1.54) is 0 Å². The van der Waals surface area contributed by atoms with E-state index < -0.39 is 6.10 Å². The lowest BCUT2D eigenvalue weighted by Crippen LogP contribution is -2.28. The van der Waals surface area contributed by atoms with E-state index in [-0.39, 0.29) is 12.6 Å². The van der Waals surface area contributed by atoms with Gasteiger partial charge >= 0.3 is 5.97 Å². The maximum atomic E-state index is 11.7. The standard InChI is InChI=1S/C26H43NO3/c1-3-5-6-7-8-9-10-11-12-13-14-15-16-17-18-19-20-21-23-29-25(4-2)26(28)30-24-22-27/h5-6,8-9,11-12,14-15,17-18,25H,3-4,7,10,13,16,19-24,27H2,1-2H3/b6-5-,9-8-,12-11-,15-14-,18-17-. The minimum absolute atomic E-state index is 0.253. The maximum Gasteiger partial charge on any atom is 0.335 e. The third kappa shape index (κ3) is 19.4. The summed E-state index contributed by atoms with van der Waals surface area (Å²) in [7, 11) is 0. The second-order valence-electron chi connectivity index (χ2n) is 6.93. The van der Waals surface area contributed by atoms with Gasteiger partial charge in [-0.25, -0.2) is 4.79 Å². The molecule has 0 aromatic rings. The Hall–Kier alpha value is -1.91. The minimum atomic E-state index is -0.467. The van der Waals surface area contributed by atoms with Crippen molar-refractivity contribution < 1.29 is 14.3 Å². The van der Waals surface area contributed by atoms with Gasteiger partial charge in [-0.3, -0.25) is 0 Å². The van der Waals surface area contributed by atoms with Crippen molar-refractivity contribution in [3.05, 3.63) is 60.8 Å². The monoisotopic (exact) mass is 417 g/mol. The Morgan fingerprint density at radius 1 is 0.767 bits per heavy atom. The zero-order chi connectivity index (χ0) is 22.1. The van der Waals surface area contributed by atoms with Gasteiger partial charge in [-0.2, -0.15) is 0 Å². The van der Waals surface area contributed by atoms with E-state index in [1.807, 2.05) is 6.92 Å². The number of allylic oxidation sites excluding steroid dienone is 10. The van der Waals surface area contributed by atoms with Crippen LogP contribution in [0.5, 0.6) is 0 Å². The van der Waals surface area contributed by atoms with Crippen LogP contribution in [-0.2, 0) is 14.3 Å². The zero-order valence-corrected chi connectivity index (χ0v) is 19.1. The van der Waals surface area contributed by atoms with E-state index in [2.05, 4.69) is 67.7 Å². The Morgan fingerprint density at radius 3 is 1.80 bits per heavy atom. The molecule has 0 fully saturated rings. The van der Waals surface area contributed by atoms with E-state index in [9.17, 15) is 4.79 Å². The minimum Gasteiger partial charge on any atom is -0.462 e.